The number of carbonyl (C=O) groups is 1. The Morgan fingerprint density at radius 2 is 1.71 bits per heavy atom. The molecule has 1 N–H and O–H groups in total. The number of ether oxygens (including phenoxy) is 1. The van der Waals surface area contributed by atoms with E-state index in [-0.39, 0.29) is 5.91 Å². The minimum atomic E-state index is -0.474. The Labute approximate surface area is 133 Å². The van der Waals surface area contributed by atoms with Gasteiger partial charge in [-0.3, -0.25) is 4.79 Å². The topological polar surface area (TPSA) is 38.3 Å². The van der Waals surface area contributed by atoms with Gasteiger partial charge in [0, 0.05) is 4.47 Å². The third-order valence-electron chi connectivity index (χ3n) is 3.36. The lowest BCUT2D eigenvalue weighted by Gasteiger charge is -2.27. The maximum atomic E-state index is 12.4. The van der Waals surface area contributed by atoms with Crippen LogP contribution in [0.2, 0.25) is 0 Å². The first-order valence-electron chi connectivity index (χ1n) is 6.65. The Morgan fingerprint density at radius 1 is 1.10 bits per heavy atom. The van der Waals surface area contributed by atoms with Crippen LogP contribution in [0.25, 0.3) is 0 Å². The Kier molecular flexibility index (Phi) is 4.68. The van der Waals surface area contributed by atoms with Gasteiger partial charge in [0.1, 0.15) is 5.75 Å². The van der Waals surface area contributed by atoms with E-state index in [2.05, 4.69) is 21.2 Å². The molecule has 0 heterocycles. The van der Waals surface area contributed by atoms with Gasteiger partial charge in [-0.2, -0.15) is 0 Å². The molecule has 2 rings (SSSR count). The third kappa shape index (κ3) is 3.64. The van der Waals surface area contributed by atoms with Crippen molar-refractivity contribution in [2.75, 3.05) is 7.11 Å². The normalized spacial score (nSPS) is 11.0. The van der Waals surface area contributed by atoms with Gasteiger partial charge in [-0.25, -0.2) is 0 Å². The average molecular weight is 348 g/mol. The molecule has 3 nitrogen and oxygen atoms in total. The van der Waals surface area contributed by atoms with E-state index in [1.165, 1.54) is 0 Å². The van der Waals surface area contributed by atoms with Crippen LogP contribution in [0.4, 0.5) is 0 Å². The van der Waals surface area contributed by atoms with Gasteiger partial charge in [-0.1, -0.05) is 24.3 Å². The van der Waals surface area contributed by atoms with Crippen LogP contribution >= 0.6 is 15.9 Å². The summed E-state index contributed by atoms with van der Waals surface area (Å²) < 4.78 is 5.94. The van der Waals surface area contributed by atoms with E-state index >= 15 is 0 Å². The number of rotatable bonds is 4. The number of halogens is 1. The molecular weight excluding hydrogens is 330 g/mol. The summed E-state index contributed by atoms with van der Waals surface area (Å²) in [6.45, 7) is 3.95. The lowest BCUT2D eigenvalue weighted by Crippen LogP contribution is -2.41. The highest BCUT2D eigenvalue weighted by atomic mass is 79.9. The molecule has 1 amide bonds. The fourth-order valence-electron chi connectivity index (χ4n) is 2.08. The van der Waals surface area contributed by atoms with Crippen LogP contribution in [0.1, 0.15) is 29.8 Å². The molecule has 0 unspecified atom stereocenters. The quantitative estimate of drug-likeness (QED) is 0.903. The van der Waals surface area contributed by atoms with Gasteiger partial charge in [0.15, 0.2) is 0 Å². The predicted molar refractivity (Wildman–Crippen MR) is 87.6 cm³/mol. The fraction of sp³-hybridized carbons (Fsp3) is 0.235. The van der Waals surface area contributed by atoms with E-state index in [1.54, 1.807) is 13.2 Å². The fourth-order valence-corrected chi connectivity index (χ4v) is 2.54. The van der Waals surface area contributed by atoms with Crippen LogP contribution in [0, 0.1) is 0 Å². The molecule has 0 aromatic heterocycles. The van der Waals surface area contributed by atoms with Gasteiger partial charge < -0.3 is 10.1 Å². The molecule has 0 aliphatic carbocycles. The van der Waals surface area contributed by atoms with E-state index in [4.69, 9.17) is 4.74 Å². The van der Waals surface area contributed by atoms with Crippen molar-refractivity contribution < 1.29 is 9.53 Å². The molecule has 0 atom stereocenters. The molecule has 0 saturated carbocycles. The summed E-state index contributed by atoms with van der Waals surface area (Å²) in [5.41, 5.74) is 1.17. The summed E-state index contributed by atoms with van der Waals surface area (Å²) in [7, 11) is 1.63. The smallest absolute Gasteiger partial charge is 0.253 e. The molecule has 0 saturated heterocycles. The van der Waals surface area contributed by atoms with Crippen molar-refractivity contribution in [2.24, 2.45) is 0 Å². The zero-order valence-corrected chi connectivity index (χ0v) is 13.9. The summed E-state index contributed by atoms with van der Waals surface area (Å²) >= 11 is 3.40. The molecule has 110 valence electrons. The highest BCUT2D eigenvalue weighted by Gasteiger charge is 2.24. The molecule has 2 aromatic rings. The van der Waals surface area contributed by atoms with Gasteiger partial charge in [-0.05, 0) is 59.6 Å². The van der Waals surface area contributed by atoms with Crippen molar-refractivity contribution in [3.63, 3.8) is 0 Å². The first kappa shape index (κ1) is 15.6. The van der Waals surface area contributed by atoms with Crippen LogP contribution in [0.3, 0.4) is 0 Å². The zero-order valence-electron chi connectivity index (χ0n) is 12.3. The summed E-state index contributed by atoms with van der Waals surface area (Å²) in [4.78, 5) is 12.4. The largest absolute Gasteiger partial charge is 0.497 e. The number of carbonyl (C=O) groups excluding carboxylic acids is 1. The summed E-state index contributed by atoms with van der Waals surface area (Å²) in [6.07, 6.45) is 0. The Morgan fingerprint density at radius 3 is 2.29 bits per heavy atom. The molecule has 0 bridgehead atoms. The summed E-state index contributed by atoms with van der Waals surface area (Å²) in [5, 5.41) is 3.06. The maximum Gasteiger partial charge on any atom is 0.253 e. The van der Waals surface area contributed by atoms with Crippen molar-refractivity contribution in [1.82, 2.24) is 5.32 Å². The highest BCUT2D eigenvalue weighted by Crippen LogP contribution is 2.24. The van der Waals surface area contributed by atoms with Crippen molar-refractivity contribution in [3.8, 4) is 5.75 Å². The SMILES string of the molecule is COc1ccc(C(C)(C)NC(=O)c2ccccc2Br)cc1. The van der Waals surface area contributed by atoms with E-state index in [0.717, 1.165) is 15.8 Å². The van der Waals surface area contributed by atoms with E-state index in [0.29, 0.717) is 5.56 Å². The Balaban J connectivity index is 2.20. The molecule has 0 radical (unpaired) electrons. The van der Waals surface area contributed by atoms with Crippen molar-refractivity contribution in [1.29, 1.82) is 0 Å². The monoisotopic (exact) mass is 347 g/mol. The van der Waals surface area contributed by atoms with Crippen LogP contribution in [-0.2, 0) is 5.54 Å². The summed E-state index contributed by atoms with van der Waals surface area (Å²) in [5.74, 6) is 0.690. The molecule has 4 heteroatoms. The van der Waals surface area contributed by atoms with Gasteiger partial charge >= 0.3 is 0 Å². The molecule has 0 aliphatic rings. The second kappa shape index (κ2) is 6.31. The van der Waals surface area contributed by atoms with Gasteiger partial charge in [0.2, 0.25) is 0 Å². The zero-order chi connectivity index (χ0) is 15.5. The number of hydrogen-bond donors (Lipinski definition) is 1. The minimum Gasteiger partial charge on any atom is -0.497 e. The minimum absolute atomic E-state index is 0.108. The molecular formula is C17H18BrNO2. The maximum absolute atomic E-state index is 12.4. The van der Waals surface area contributed by atoms with E-state index in [1.807, 2.05) is 56.3 Å². The standard InChI is InChI=1S/C17H18BrNO2/c1-17(2,12-8-10-13(21-3)11-9-12)19-16(20)14-6-4-5-7-15(14)18/h4-11H,1-3H3,(H,19,20). The van der Waals surface area contributed by atoms with Gasteiger partial charge in [0.25, 0.3) is 5.91 Å². The molecule has 0 spiro atoms. The predicted octanol–water partition coefficient (Wildman–Crippen LogP) is 4.12. The van der Waals surface area contributed by atoms with Gasteiger partial charge in [-0.15, -0.1) is 0 Å². The second-order valence-corrected chi connectivity index (χ2v) is 6.14. The number of hydrogen-bond acceptors (Lipinski definition) is 2. The first-order valence-corrected chi connectivity index (χ1v) is 7.45. The number of benzene rings is 2. The van der Waals surface area contributed by atoms with Crippen molar-refractivity contribution in [2.45, 2.75) is 19.4 Å². The van der Waals surface area contributed by atoms with Crippen LogP contribution in [0.15, 0.2) is 53.0 Å². The van der Waals surface area contributed by atoms with Crippen molar-refractivity contribution >= 4 is 21.8 Å². The van der Waals surface area contributed by atoms with Crippen LogP contribution in [0.5, 0.6) is 5.75 Å². The summed E-state index contributed by atoms with van der Waals surface area (Å²) in [6, 6.07) is 15.1. The highest BCUT2D eigenvalue weighted by molar-refractivity contribution is 9.10. The van der Waals surface area contributed by atoms with Gasteiger partial charge in [0.05, 0.1) is 18.2 Å². The second-order valence-electron chi connectivity index (χ2n) is 5.29. The van der Waals surface area contributed by atoms with Crippen LogP contribution in [-0.4, -0.2) is 13.0 Å². The lowest BCUT2D eigenvalue weighted by molar-refractivity contribution is 0.0911. The van der Waals surface area contributed by atoms with Crippen LogP contribution < -0.4 is 10.1 Å². The Bertz CT molecular complexity index is 635. The molecule has 2 aromatic carbocycles. The number of nitrogens with one attached hydrogen (secondary N) is 1. The van der Waals surface area contributed by atoms with E-state index < -0.39 is 5.54 Å². The lowest BCUT2D eigenvalue weighted by atomic mass is 9.93. The molecule has 0 fully saturated rings. The average Bonchev–Trinajstić information content (AvgIpc) is 2.47. The third-order valence-corrected chi connectivity index (χ3v) is 4.05. The first-order chi connectivity index (χ1) is 9.94. The van der Waals surface area contributed by atoms with Crippen molar-refractivity contribution in [3.05, 3.63) is 64.1 Å². The Hall–Kier alpha value is -1.81. The van der Waals surface area contributed by atoms with E-state index in [9.17, 15) is 4.79 Å². The number of methoxy groups -OCH3 is 1. The molecule has 0 aliphatic heterocycles. The number of amides is 1. The molecule has 21 heavy (non-hydrogen) atoms.